The lowest BCUT2D eigenvalue weighted by atomic mass is 9.93. The highest BCUT2D eigenvalue weighted by Crippen LogP contribution is 2.36. The normalized spacial score (nSPS) is 11.2. The highest BCUT2D eigenvalue weighted by atomic mass is 16.4. The molecule has 0 unspecified atom stereocenters. The van der Waals surface area contributed by atoms with Crippen LogP contribution in [0.3, 0.4) is 0 Å². The van der Waals surface area contributed by atoms with Crippen molar-refractivity contribution in [2.75, 3.05) is 4.90 Å². The molecule has 24 heavy (non-hydrogen) atoms. The number of carboxylic acid groups (broad SMARTS) is 1. The van der Waals surface area contributed by atoms with Crippen molar-refractivity contribution < 1.29 is 14.7 Å². The summed E-state index contributed by atoms with van der Waals surface area (Å²) < 4.78 is 0. The van der Waals surface area contributed by atoms with Crippen LogP contribution >= 0.6 is 0 Å². The van der Waals surface area contributed by atoms with Crippen LogP contribution in [0.2, 0.25) is 0 Å². The molecule has 2 aromatic rings. The lowest BCUT2D eigenvalue weighted by molar-refractivity contribution is -0.125. The van der Waals surface area contributed by atoms with Gasteiger partial charge in [0.2, 0.25) is 5.91 Å². The average molecular weight is 325 g/mol. The van der Waals surface area contributed by atoms with Gasteiger partial charge in [-0.15, -0.1) is 0 Å². The van der Waals surface area contributed by atoms with Crippen LogP contribution in [0.1, 0.15) is 42.3 Å². The van der Waals surface area contributed by atoms with Gasteiger partial charge in [-0.1, -0.05) is 45.0 Å². The van der Waals surface area contributed by atoms with E-state index in [0.29, 0.717) is 11.4 Å². The van der Waals surface area contributed by atoms with Gasteiger partial charge in [0.1, 0.15) is 0 Å². The number of hydrogen-bond donors (Lipinski definition) is 1. The molecule has 1 amide bonds. The standard InChI is InChI=1S/C20H23NO3/c1-13-9-8-12-16(14(13)2)21(19(24)20(3,4)5)17-11-7-6-10-15(17)18(22)23/h6-12H,1-5H3,(H,22,23). The van der Waals surface area contributed by atoms with Gasteiger partial charge in [-0.3, -0.25) is 9.69 Å². The molecule has 0 aliphatic rings. The summed E-state index contributed by atoms with van der Waals surface area (Å²) in [6, 6.07) is 12.3. The summed E-state index contributed by atoms with van der Waals surface area (Å²) in [5.74, 6) is -1.20. The Kier molecular flexibility index (Phi) is 4.78. The number of anilines is 2. The van der Waals surface area contributed by atoms with Gasteiger partial charge in [0.15, 0.2) is 0 Å². The molecule has 0 bridgehead atoms. The van der Waals surface area contributed by atoms with Gasteiger partial charge in [0.25, 0.3) is 0 Å². The third kappa shape index (κ3) is 3.32. The molecule has 0 aromatic heterocycles. The highest BCUT2D eigenvalue weighted by Gasteiger charge is 2.32. The number of amides is 1. The van der Waals surface area contributed by atoms with E-state index in [9.17, 15) is 14.7 Å². The van der Waals surface area contributed by atoms with E-state index in [0.717, 1.165) is 11.1 Å². The van der Waals surface area contributed by atoms with Gasteiger partial charge < -0.3 is 5.11 Å². The number of aromatic carboxylic acids is 1. The predicted octanol–water partition coefficient (Wildman–Crippen LogP) is 4.71. The molecule has 4 heteroatoms. The summed E-state index contributed by atoms with van der Waals surface area (Å²) in [4.78, 5) is 26.3. The second kappa shape index (κ2) is 6.48. The van der Waals surface area contributed by atoms with Crippen molar-refractivity contribution >= 4 is 23.3 Å². The topological polar surface area (TPSA) is 57.6 Å². The SMILES string of the molecule is Cc1cccc(N(C(=O)C(C)(C)C)c2ccccc2C(=O)O)c1C. The Morgan fingerprint density at radius 3 is 2.08 bits per heavy atom. The van der Waals surface area contributed by atoms with E-state index in [1.807, 2.05) is 52.8 Å². The first-order valence-electron chi connectivity index (χ1n) is 7.87. The minimum absolute atomic E-state index is 0.107. The number of aryl methyl sites for hydroxylation is 1. The van der Waals surface area contributed by atoms with Crippen LogP contribution in [-0.2, 0) is 4.79 Å². The Balaban J connectivity index is 2.77. The molecule has 1 N–H and O–H groups in total. The van der Waals surface area contributed by atoms with E-state index < -0.39 is 11.4 Å². The van der Waals surface area contributed by atoms with Crippen molar-refractivity contribution in [2.24, 2.45) is 5.41 Å². The van der Waals surface area contributed by atoms with Crippen LogP contribution < -0.4 is 4.90 Å². The van der Waals surface area contributed by atoms with Crippen molar-refractivity contribution in [3.8, 4) is 0 Å². The molecule has 0 spiro atoms. The number of carboxylic acids is 1. The molecule has 0 fully saturated rings. The summed E-state index contributed by atoms with van der Waals surface area (Å²) in [5.41, 5.74) is 2.56. The Morgan fingerprint density at radius 1 is 0.917 bits per heavy atom. The highest BCUT2D eigenvalue weighted by molar-refractivity contribution is 6.08. The summed E-state index contributed by atoms with van der Waals surface area (Å²) in [6.45, 7) is 9.41. The van der Waals surface area contributed by atoms with Crippen LogP contribution in [0.4, 0.5) is 11.4 Å². The lowest BCUT2D eigenvalue weighted by Crippen LogP contribution is -2.37. The second-order valence-electron chi connectivity index (χ2n) is 6.93. The van der Waals surface area contributed by atoms with Crippen LogP contribution in [0.15, 0.2) is 42.5 Å². The summed E-state index contributed by atoms with van der Waals surface area (Å²) in [7, 11) is 0. The maximum absolute atomic E-state index is 13.1. The monoisotopic (exact) mass is 325 g/mol. The van der Waals surface area contributed by atoms with Gasteiger partial charge in [-0.25, -0.2) is 4.79 Å². The van der Waals surface area contributed by atoms with Crippen molar-refractivity contribution in [1.82, 2.24) is 0 Å². The van der Waals surface area contributed by atoms with Crippen molar-refractivity contribution in [3.05, 3.63) is 59.2 Å². The van der Waals surface area contributed by atoms with Gasteiger partial charge >= 0.3 is 5.97 Å². The molecule has 0 saturated carbocycles. The fourth-order valence-corrected chi connectivity index (χ4v) is 2.51. The van der Waals surface area contributed by atoms with Crippen molar-refractivity contribution in [2.45, 2.75) is 34.6 Å². The third-order valence-electron chi connectivity index (χ3n) is 4.04. The number of nitrogens with zero attached hydrogens (tertiary/aromatic N) is 1. The molecule has 126 valence electrons. The van der Waals surface area contributed by atoms with Crippen LogP contribution in [0.25, 0.3) is 0 Å². The van der Waals surface area contributed by atoms with E-state index in [2.05, 4.69) is 0 Å². The summed E-state index contributed by atoms with van der Waals surface area (Å²) in [6.07, 6.45) is 0. The Hall–Kier alpha value is -2.62. The molecule has 0 aliphatic heterocycles. The van der Waals surface area contributed by atoms with Gasteiger partial charge in [-0.2, -0.15) is 0 Å². The molecular weight excluding hydrogens is 302 g/mol. The molecule has 0 saturated heterocycles. The minimum Gasteiger partial charge on any atom is -0.478 e. The van der Waals surface area contributed by atoms with Crippen molar-refractivity contribution in [1.29, 1.82) is 0 Å². The molecule has 0 atom stereocenters. The van der Waals surface area contributed by atoms with E-state index in [4.69, 9.17) is 0 Å². The number of carbonyl (C=O) groups is 2. The third-order valence-corrected chi connectivity index (χ3v) is 4.04. The van der Waals surface area contributed by atoms with Crippen LogP contribution in [-0.4, -0.2) is 17.0 Å². The zero-order valence-corrected chi connectivity index (χ0v) is 14.8. The number of carbonyl (C=O) groups excluding carboxylic acids is 1. The van der Waals surface area contributed by atoms with E-state index >= 15 is 0 Å². The van der Waals surface area contributed by atoms with E-state index in [1.165, 1.54) is 11.0 Å². The lowest BCUT2D eigenvalue weighted by Gasteiger charge is -2.32. The number of benzene rings is 2. The Bertz CT molecular complexity index is 788. The number of para-hydroxylation sites is 1. The zero-order chi connectivity index (χ0) is 18.1. The molecule has 0 aliphatic carbocycles. The summed E-state index contributed by atoms with van der Waals surface area (Å²) >= 11 is 0. The second-order valence-corrected chi connectivity index (χ2v) is 6.93. The summed E-state index contributed by atoms with van der Waals surface area (Å²) in [5, 5.41) is 9.53. The quantitative estimate of drug-likeness (QED) is 0.889. The van der Waals surface area contributed by atoms with Crippen LogP contribution in [0, 0.1) is 19.3 Å². The van der Waals surface area contributed by atoms with Crippen molar-refractivity contribution in [3.63, 3.8) is 0 Å². The van der Waals surface area contributed by atoms with E-state index in [1.54, 1.807) is 18.2 Å². The largest absolute Gasteiger partial charge is 0.478 e. The predicted molar refractivity (Wildman–Crippen MR) is 95.9 cm³/mol. The van der Waals surface area contributed by atoms with Gasteiger partial charge in [0.05, 0.1) is 16.9 Å². The Labute approximate surface area is 142 Å². The molecule has 0 radical (unpaired) electrons. The first-order valence-corrected chi connectivity index (χ1v) is 7.87. The van der Waals surface area contributed by atoms with Gasteiger partial charge in [-0.05, 0) is 43.2 Å². The smallest absolute Gasteiger partial charge is 0.337 e. The fraction of sp³-hybridized carbons (Fsp3) is 0.300. The Morgan fingerprint density at radius 2 is 1.50 bits per heavy atom. The number of hydrogen-bond acceptors (Lipinski definition) is 2. The first kappa shape index (κ1) is 17.7. The maximum atomic E-state index is 13.1. The molecule has 4 nitrogen and oxygen atoms in total. The minimum atomic E-state index is -1.05. The maximum Gasteiger partial charge on any atom is 0.337 e. The zero-order valence-electron chi connectivity index (χ0n) is 14.8. The molecule has 2 aromatic carbocycles. The van der Waals surface area contributed by atoms with Gasteiger partial charge in [0, 0.05) is 5.41 Å². The number of rotatable bonds is 3. The first-order chi connectivity index (χ1) is 11.1. The molecule has 2 rings (SSSR count). The molecular formula is C20H23NO3. The average Bonchev–Trinajstić information content (AvgIpc) is 2.51. The molecule has 0 heterocycles. The van der Waals surface area contributed by atoms with Crippen LogP contribution in [0.5, 0.6) is 0 Å². The fourth-order valence-electron chi connectivity index (χ4n) is 2.51. The van der Waals surface area contributed by atoms with E-state index in [-0.39, 0.29) is 11.5 Å².